The minimum absolute atomic E-state index is 0.230. The van der Waals surface area contributed by atoms with Crippen LogP contribution in [0.4, 0.5) is 4.39 Å². The van der Waals surface area contributed by atoms with E-state index >= 15 is 0 Å². The maximum absolute atomic E-state index is 13.3. The second-order valence-corrected chi connectivity index (χ2v) is 5.09. The van der Waals surface area contributed by atoms with E-state index in [2.05, 4.69) is 26.3 Å². The van der Waals surface area contributed by atoms with E-state index in [4.69, 9.17) is 0 Å². The fraction of sp³-hybridized carbons (Fsp3) is 0.308. The van der Waals surface area contributed by atoms with Crippen LogP contribution in [0.15, 0.2) is 28.9 Å². The average molecular weight is 312 g/mol. The van der Waals surface area contributed by atoms with Crippen molar-refractivity contribution in [3.05, 3.63) is 51.5 Å². The van der Waals surface area contributed by atoms with E-state index in [0.29, 0.717) is 11.0 Å². The second kappa shape index (κ2) is 5.63. The van der Waals surface area contributed by atoms with Crippen LogP contribution in [-0.2, 0) is 20.1 Å². The van der Waals surface area contributed by atoms with Crippen LogP contribution in [-0.4, -0.2) is 9.78 Å². The Balaban J connectivity index is 1.92. The van der Waals surface area contributed by atoms with Crippen LogP contribution >= 0.6 is 15.9 Å². The van der Waals surface area contributed by atoms with Gasteiger partial charge in [-0.1, -0.05) is 6.07 Å². The molecule has 5 heteroatoms. The van der Waals surface area contributed by atoms with E-state index in [-0.39, 0.29) is 5.82 Å². The Bertz CT molecular complexity index is 551. The first-order chi connectivity index (χ1) is 8.58. The van der Waals surface area contributed by atoms with Crippen molar-refractivity contribution in [3.8, 4) is 0 Å². The smallest absolute Gasteiger partial charge is 0.137 e. The molecule has 0 aliphatic rings. The van der Waals surface area contributed by atoms with E-state index in [1.54, 1.807) is 6.07 Å². The molecular weight excluding hydrogens is 297 g/mol. The van der Waals surface area contributed by atoms with Crippen molar-refractivity contribution in [1.82, 2.24) is 15.1 Å². The van der Waals surface area contributed by atoms with Gasteiger partial charge in [0.1, 0.15) is 5.82 Å². The van der Waals surface area contributed by atoms with Gasteiger partial charge >= 0.3 is 0 Å². The highest BCUT2D eigenvalue weighted by Gasteiger charge is 2.04. The molecule has 0 atom stereocenters. The number of hydrogen-bond donors (Lipinski definition) is 1. The number of benzene rings is 1. The number of hydrogen-bond acceptors (Lipinski definition) is 2. The zero-order chi connectivity index (χ0) is 13.1. The lowest BCUT2D eigenvalue weighted by Gasteiger charge is -2.05. The minimum atomic E-state index is -0.230. The molecule has 0 amide bonds. The van der Waals surface area contributed by atoms with Crippen LogP contribution < -0.4 is 5.32 Å². The van der Waals surface area contributed by atoms with Crippen LogP contribution in [0, 0.1) is 12.7 Å². The zero-order valence-corrected chi connectivity index (χ0v) is 12.0. The molecule has 0 saturated heterocycles. The first-order valence-corrected chi connectivity index (χ1v) is 6.49. The molecule has 0 aliphatic carbocycles. The normalized spacial score (nSPS) is 10.9. The summed E-state index contributed by atoms with van der Waals surface area (Å²) in [5.74, 6) is -0.230. The Morgan fingerprint density at radius 3 is 2.78 bits per heavy atom. The second-order valence-electron chi connectivity index (χ2n) is 4.23. The summed E-state index contributed by atoms with van der Waals surface area (Å²) in [6.45, 7) is 3.40. The lowest BCUT2D eigenvalue weighted by molar-refractivity contribution is 0.613. The molecule has 96 valence electrons. The standard InChI is InChI=1S/C13H15BrFN3/c1-9-11(8-17-18(9)2)7-16-6-10-3-4-12(14)13(15)5-10/h3-5,8,16H,6-7H2,1-2H3. The molecule has 1 N–H and O–H groups in total. The van der Waals surface area contributed by atoms with Gasteiger partial charge in [0.25, 0.3) is 0 Å². The Morgan fingerprint density at radius 2 is 2.17 bits per heavy atom. The highest BCUT2D eigenvalue weighted by atomic mass is 79.9. The predicted molar refractivity (Wildman–Crippen MR) is 72.6 cm³/mol. The number of rotatable bonds is 4. The van der Waals surface area contributed by atoms with Gasteiger partial charge in [0, 0.05) is 31.4 Å². The number of aryl methyl sites for hydroxylation is 1. The third kappa shape index (κ3) is 2.97. The fourth-order valence-corrected chi connectivity index (χ4v) is 1.96. The van der Waals surface area contributed by atoms with E-state index in [9.17, 15) is 4.39 Å². The van der Waals surface area contributed by atoms with Gasteiger partial charge in [-0.2, -0.15) is 5.10 Å². The average Bonchev–Trinajstić information content (AvgIpc) is 2.66. The molecule has 3 nitrogen and oxygen atoms in total. The van der Waals surface area contributed by atoms with E-state index in [0.717, 1.165) is 23.4 Å². The van der Waals surface area contributed by atoms with Gasteiger partial charge in [0.15, 0.2) is 0 Å². The third-order valence-corrected chi connectivity index (χ3v) is 3.61. The van der Waals surface area contributed by atoms with E-state index in [1.165, 1.54) is 6.07 Å². The first-order valence-electron chi connectivity index (χ1n) is 5.70. The number of halogens is 2. The summed E-state index contributed by atoms with van der Waals surface area (Å²) < 4.78 is 15.6. The summed E-state index contributed by atoms with van der Waals surface area (Å²) in [7, 11) is 1.92. The van der Waals surface area contributed by atoms with Crippen molar-refractivity contribution in [2.24, 2.45) is 7.05 Å². The first kappa shape index (κ1) is 13.2. The summed E-state index contributed by atoms with van der Waals surface area (Å²) in [6.07, 6.45) is 1.85. The monoisotopic (exact) mass is 311 g/mol. The van der Waals surface area contributed by atoms with Crippen LogP contribution in [0.2, 0.25) is 0 Å². The fourth-order valence-electron chi connectivity index (χ4n) is 1.71. The van der Waals surface area contributed by atoms with Gasteiger partial charge in [-0.3, -0.25) is 4.68 Å². The lowest BCUT2D eigenvalue weighted by Crippen LogP contribution is -2.13. The summed E-state index contributed by atoms with van der Waals surface area (Å²) >= 11 is 3.14. The number of nitrogens with zero attached hydrogens (tertiary/aromatic N) is 2. The van der Waals surface area contributed by atoms with Gasteiger partial charge in [0.2, 0.25) is 0 Å². The molecule has 1 heterocycles. The Labute approximate surface area is 114 Å². The molecule has 0 radical (unpaired) electrons. The van der Waals surface area contributed by atoms with Crippen LogP contribution in [0.25, 0.3) is 0 Å². The topological polar surface area (TPSA) is 29.9 Å². The van der Waals surface area contributed by atoms with Crippen molar-refractivity contribution in [2.75, 3.05) is 0 Å². The summed E-state index contributed by atoms with van der Waals surface area (Å²) in [6, 6.07) is 5.16. The molecular formula is C13H15BrFN3. The van der Waals surface area contributed by atoms with Gasteiger partial charge < -0.3 is 5.32 Å². The SMILES string of the molecule is Cc1c(CNCc2ccc(Br)c(F)c2)cnn1C. The maximum Gasteiger partial charge on any atom is 0.137 e. The Hall–Kier alpha value is -1.20. The highest BCUT2D eigenvalue weighted by molar-refractivity contribution is 9.10. The highest BCUT2D eigenvalue weighted by Crippen LogP contribution is 2.16. The molecule has 1 aromatic carbocycles. The molecule has 2 aromatic rings. The Morgan fingerprint density at radius 1 is 1.39 bits per heavy atom. The van der Waals surface area contributed by atoms with Crippen molar-refractivity contribution in [1.29, 1.82) is 0 Å². The lowest BCUT2D eigenvalue weighted by atomic mass is 10.2. The summed E-state index contributed by atoms with van der Waals surface area (Å²) in [5.41, 5.74) is 3.23. The van der Waals surface area contributed by atoms with Crippen molar-refractivity contribution >= 4 is 15.9 Å². The van der Waals surface area contributed by atoms with Crippen LogP contribution in [0.1, 0.15) is 16.8 Å². The third-order valence-electron chi connectivity index (χ3n) is 2.97. The van der Waals surface area contributed by atoms with E-state index < -0.39 is 0 Å². The number of aromatic nitrogens is 2. The molecule has 0 spiro atoms. The predicted octanol–water partition coefficient (Wildman–Crippen LogP) is 2.92. The molecule has 0 bridgehead atoms. The molecule has 0 unspecified atom stereocenters. The van der Waals surface area contributed by atoms with Crippen molar-refractivity contribution in [2.45, 2.75) is 20.0 Å². The number of nitrogens with one attached hydrogen (secondary N) is 1. The van der Waals surface area contributed by atoms with Crippen molar-refractivity contribution in [3.63, 3.8) is 0 Å². The Kier molecular flexibility index (Phi) is 4.14. The van der Waals surface area contributed by atoms with Gasteiger partial charge in [-0.15, -0.1) is 0 Å². The summed E-state index contributed by atoms with van der Waals surface area (Å²) in [5, 5.41) is 7.46. The van der Waals surface area contributed by atoms with Gasteiger partial charge in [0.05, 0.1) is 10.7 Å². The zero-order valence-electron chi connectivity index (χ0n) is 10.4. The molecule has 18 heavy (non-hydrogen) atoms. The van der Waals surface area contributed by atoms with Crippen LogP contribution in [0.3, 0.4) is 0 Å². The molecule has 2 rings (SSSR count). The van der Waals surface area contributed by atoms with Gasteiger partial charge in [-0.25, -0.2) is 4.39 Å². The van der Waals surface area contributed by atoms with Crippen molar-refractivity contribution < 1.29 is 4.39 Å². The molecule has 0 saturated carbocycles. The maximum atomic E-state index is 13.3. The molecule has 0 aliphatic heterocycles. The quantitative estimate of drug-likeness (QED) is 0.941. The van der Waals surface area contributed by atoms with E-state index in [1.807, 2.05) is 30.9 Å². The molecule has 0 fully saturated rings. The van der Waals surface area contributed by atoms with Crippen LogP contribution in [0.5, 0.6) is 0 Å². The minimum Gasteiger partial charge on any atom is -0.308 e. The van der Waals surface area contributed by atoms with Gasteiger partial charge in [-0.05, 0) is 40.5 Å². The largest absolute Gasteiger partial charge is 0.308 e. The molecule has 1 aromatic heterocycles. The summed E-state index contributed by atoms with van der Waals surface area (Å²) in [4.78, 5) is 0.